The molecule has 0 saturated carbocycles. The summed E-state index contributed by atoms with van der Waals surface area (Å²) in [6.45, 7) is 9.25. The lowest BCUT2D eigenvalue weighted by Gasteiger charge is -2.27. The standard InChI is InChI=1S/C11H20O5/c1-6-11(4,13-5)16-9(3)10(12)15-8-14-7-2/h3,6-8H2,1-2,4-5H3. The third-order valence-corrected chi connectivity index (χ3v) is 2.12. The summed E-state index contributed by atoms with van der Waals surface area (Å²) in [6, 6.07) is 0. The van der Waals surface area contributed by atoms with Gasteiger partial charge in [0.05, 0.1) is 0 Å². The first kappa shape index (κ1) is 14.9. The molecule has 0 aliphatic heterocycles. The Morgan fingerprint density at radius 2 is 2.00 bits per heavy atom. The fourth-order valence-electron chi connectivity index (χ4n) is 0.819. The molecule has 94 valence electrons. The highest BCUT2D eigenvalue weighted by molar-refractivity contribution is 5.85. The lowest BCUT2D eigenvalue weighted by molar-refractivity contribution is -0.199. The number of carbonyl (C=O) groups is 1. The van der Waals surface area contributed by atoms with Crippen LogP contribution in [0.15, 0.2) is 12.3 Å². The van der Waals surface area contributed by atoms with Gasteiger partial charge in [0.25, 0.3) is 0 Å². The average molecular weight is 232 g/mol. The van der Waals surface area contributed by atoms with Crippen molar-refractivity contribution in [1.82, 2.24) is 0 Å². The monoisotopic (exact) mass is 232 g/mol. The highest BCUT2D eigenvalue weighted by atomic mass is 16.7. The molecule has 0 amide bonds. The van der Waals surface area contributed by atoms with Gasteiger partial charge in [-0.05, 0) is 13.5 Å². The van der Waals surface area contributed by atoms with Crippen molar-refractivity contribution in [2.75, 3.05) is 20.5 Å². The Kier molecular flexibility index (Phi) is 6.76. The SMILES string of the molecule is C=C(OC(C)(CC)OC)C(=O)OCOCC. The summed E-state index contributed by atoms with van der Waals surface area (Å²) in [5, 5.41) is 0. The lowest BCUT2D eigenvalue weighted by Crippen LogP contribution is -2.31. The summed E-state index contributed by atoms with van der Waals surface area (Å²) in [5.74, 6) is -1.60. The first-order valence-electron chi connectivity index (χ1n) is 5.17. The highest BCUT2D eigenvalue weighted by Gasteiger charge is 2.26. The van der Waals surface area contributed by atoms with Crippen LogP contribution in [-0.4, -0.2) is 32.3 Å². The maximum absolute atomic E-state index is 11.3. The van der Waals surface area contributed by atoms with E-state index in [2.05, 4.69) is 6.58 Å². The minimum absolute atomic E-state index is 0.0918. The zero-order chi connectivity index (χ0) is 12.6. The summed E-state index contributed by atoms with van der Waals surface area (Å²) < 4.78 is 20.0. The van der Waals surface area contributed by atoms with E-state index in [1.165, 1.54) is 7.11 Å². The van der Waals surface area contributed by atoms with E-state index in [0.717, 1.165) is 0 Å². The number of carbonyl (C=O) groups excluding carboxylic acids is 1. The maximum atomic E-state index is 11.3. The highest BCUT2D eigenvalue weighted by Crippen LogP contribution is 2.19. The summed E-state index contributed by atoms with van der Waals surface area (Å²) in [6.07, 6.45) is 0.585. The molecule has 0 aromatic carbocycles. The summed E-state index contributed by atoms with van der Waals surface area (Å²) in [7, 11) is 1.50. The Balaban J connectivity index is 4.09. The third-order valence-electron chi connectivity index (χ3n) is 2.12. The van der Waals surface area contributed by atoms with Gasteiger partial charge in [0.15, 0.2) is 6.79 Å². The molecular formula is C11H20O5. The zero-order valence-corrected chi connectivity index (χ0v) is 10.4. The van der Waals surface area contributed by atoms with Crippen molar-refractivity contribution in [1.29, 1.82) is 0 Å². The Morgan fingerprint density at radius 3 is 2.44 bits per heavy atom. The van der Waals surface area contributed by atoms with Crippen molar-refractivity contribution < 1.29 is 23.7 Å². The molecule has 0 aromatic heterocycles. The first-order valence-corrected chi connectivity index (χ1v) is 5.17. The van der Waals surface area contributed by atoms with Crippen molar-refractivity contribution in [2.45, 2.75) is 33.0 Å². The molecule has 0 heterocycles. The van der Waals surface area contributed by atoms with Gasteiger partial charge in [0.1, 0.15) is 0 Å². The van der Waals surface area contributed by atoms with Gasteiger partial charge in [-0.15, -0.1) is 0 Å². The Hall–Kier alpha value is -1.07. The van der Waals surface area contributed by atoms with Crippen LogP contribution >= 0.6 is 0 Å². The van der Waals surface area contributed by atoms with E-state index in [0.29, 0.717) is 13.0 Å². The molecule has 16 heavy (non-hydrogen) atoms. The second kappa shape index (κ2) is 7.24. The smallest absolute Gasteiger partial charge is 0.375 e. The topological polar surface area (TPSA) is 54.0 Å². The molecule has 0 spiro atoms. The van der Waals surface area contributed by atoms with Crippen molar-refractivity contribution >= 4 is 5.97 Å². The van der Waals surface area contributed by atoms with Gasteiger partial charge in [-0.25, -0.2) is 4.79 Å². The van der Waals surface area contributed by atoms with Crippen LogP contribution in [0.3, 0.4) is 0 Å². The van der Waals surface area contributed by atoms with Crippen LogP contribution in [0.2, 0.25) is 0 Å². The average Bonchev–Trinajstić information content (AvgIpc) is 2.29. The Morgan fingerprint density at radius 1 is 1.38 bits per heavy atom. The molecule has 0 aliphatic rings. The quantitative estimate of drug-likeness (QED) is 0.210. The number of hydrogen-bond acceptors (Lipinski definition) is 5. The summed E-state index contributed by atoms with van der Waals surface area (Å²) >= 11 is 0. The molecule has 0 aromatic rings. The maximum Gasteiger partial charge on any atom is 0.375 e. The summed E-state index contributed by atoms with van der Waals surface area (Å²) in [4.78, 5) is 11.3. The number of rotatable bonds is 8. The minimum Gasteiger partial charge on any atom is -0.456 e. The van der Waals surface area contributed by atoms with Crippen LogP contribution in [0.5, 0.6) is 0 Å². The predicted molar refractivity (Wildman–Crippen MR) is 58.5 cm³/mol. The van der Waals surface area contributed by atoms with E-state index in [1.807, 2.05) is 6.92 Å². The van der Waals surface area contributed by atoms with E-state index in [4.69, 9.17) is 18.9 Å². The molecule has 0 bridgehead atoms. The van der Waals surface area contributed by atoms with Crippen molar-refractivity contribution in [3.63, 3.8) is 0 Å². The molecule has 1 unspecified atom stereocenters. The molecule has 0 rings (SSSR count). The van der Waals surface area contributed by atoms with Crippen LogP contribution in [-0.2, 0) is 23.7 Å². The van der Waals surface area contributed by atoms with E-state index in [1.54, 1.807) is 13.8 Å². The molecule has 0 saturated heterocycles. The second-order valence-corrected chi connectivity index (χ2v) is 3.26. The number of ether oxygens (including phenoxy) is 4. The first-order chi connectivity index (χ1) is 7.49. The number of methoxy groups -OCH3 is 1. The molecule has 5 heteroatoms. The van der Waals surface area contributed by atoms with Crippen molar-refractivity contribution in [2.24, 2.45) is 0 Å². The molecule has 0 aliphatic carbocycles. The normalized spacial score (nSPS) is 14.0. The van der Waals surface area contributed by atoms with E-state index < -0.39 is 11.8 Å². The van der Waals surface area contributed by atoms with Crippen molar-refractivity contribution in [3.8, 4) is 0 Å². The van der Waals surface area contributed by atoms with E-state index >= 15 is 0 Å². The second-order valence-electron chi connectivity index (χ2n) is 3.26. The lowest BCUT2D eigenvalue weighted by atomic mass is 10.2. The number of hydrogen-bond donors (Lipinski definition) is 0. The van der Waals surface area contributed by atoms with Crippen LogP contribution in [0.1, 0.15) is 27.2 Å². The Labute approximate surface area is 96.3 Å². The van der Waals surface area contributed by atoms with E-state index in [9.17, 15) is 4.79 Å². The van der Waals surface area contributed by atoms with Crippen LogP contribution in [0, 0.1) is 0 Å². The Bertz CT molecular complexity index is 233. The van der Waals surface area contributed by atoms with Gasteiger partial charge in [-0.1, -0.05) is 6.92 Å². The third kappa shape index (κ3) is 5.14. The summed E-state index contributed by atoms with van der Waals surface area (Å²) in [5.41, 5.74) is 0. The largest absolute Gasteiger partial charge is 0.456 e. The zero-order valence-electron chi connectivity index (χ0n) is 10.4. The van der Waals surface area contributed by atoms with Gasteiger partial charge >= 0.3 is 5.97 Å². The van der Waals surface area contributed by atoms with Crippen molar-refractivity contribution in [3.05, 3.63) is 12.3 Å². The van der Waals surface area contributed by atoms with Gasteiger partial charge in [-0.2, -0.15) is 0 Å². The fraction of sp³-hybridized carbons (Fsp3) is 0.727. The molecule has 0 N–H and O–H groups in total. The van der Waals surface area contributed by atoms with Crippen LogP contribution < -0.4 is 0 Å². The van der Waals surface area contributed by atoms with E-state index in [-0.39, 0.29) is 12.6 Å². The minimum atomic E-state index is -0.859. The number of esters is 1. The fourth-order valence-corrected chi connectivity index (χ4v) is 0.819. The molecule has 1 atom stereocenters. The van der Waals surface area contributed by atoms with Gasteiger partial charge in [-0.3, -0.25) is 0 Å². The molecular weight excluding hydrogens is 212 g/mol. The van der Waals surface area contributed by atoms with Crippen LogP contribution in [0.4, 0.5) is 0 Å². The molecule has 0 radical (unpaired) electrons. The molecule has 0 fully saturated rings. The predicted octanol–water partition coefficient (Wildman–Crippen LogP) is 1.83. The van der Waals surface area contributed by atoms with Gasteiger partial charge < -0.3 is 18.9 Å². The van der Waals surface area contributed by atoms with Gasteiger partial charge in [0.2, 0.25) is 11.5 Å². The van der Waals surface area contributed by atoms with Gasteiger partial charge in [0, 0.05) is 27.1 Å². The van der Waals surface area contributed by atoms with Crippen LogP contribution in [0.25, 0.3) is 0 Å². The molecule has 5 nitrogen and oxygen atoms in total.